The molecule has 0 unspecified atom stereocenters. The van der Waals surface area contributed by atoms with Crippen molar-refractivity contribution in [2.24, 2.45) is 0 Å². The number of hydrogen-bond donors (Lipinski definition) is 0. The fourth-order valence-electron chi connectivity index (χ4n) is 2.55. The van der Waals surface area contributed by atoms with E-state index in [1.54, 1.807) is 12.4 Å². The van der Waals surface area contributed by atoms with E-state index in [-0.39, 0.29) is 5.91 Å². The first kappa shape index (κ1) is 19.1. The zero-order valence-corrected chi connectivity index (χ0v) is 14.9. The van der Waals surface area contributed by atoms with Crippen LogP contribution >= 0.6 is 0 Å². The lowest BCUT2D eigenvalue weighted by atomic mass is 10.1. The van der Waals surface area contributed by atoms with E-state index in [1.807, 2.05) is 50.8 Å². The molecule has 1 aromatic heterocycles. The van der Waals surface area contributed by atoms with E-state index < -0.39 is 0 Å². The fourth-order valence-corrected chi connectivity index (χ4v) is 2.55. The zero-order chi connectivity index (χ0) is 17.1. The lowest BCUT2D eigenvalue weighted by Gasteiger charge is -2.26. The predicted octanol–water partition coefficient (Wildman–Crippen LogP) is 4.24. The molecule has 0 radical (unpaired) electrons. The minimum absolute atomic E-state index is 0.225. The summed E-state index contributed by atoms with van der Waals surface area (Å²) < 4.78 is 0. The molecule has 0 atom stereocenters. The third-order valence-electron chi connectivity index (χ3n) is 3.60. The molecular formula is C19H29N3O. The number of piperidine rings is 1. The second kappa shape index (κ2) is 10.7. The van der Waals surface area contributed by atoms with Crippen molar-refractivity contribution < 1.29 is 4.79 Å². The van der Waals surface area contributed by atoms with E-state index in [0.717, 1.165) is 42.5 Å². The predicted molar refractivity (Wildman–Crippen MR) is 96.4 cm³/mol. The van der Waals surface area contributed by atoms with Crippen LogP contribution in [-0.4, -0.2) is 33.9 Å². The molecule has 23 heavy (non-hydrogen) atoms. The zero-order valence-electron chi connectivity index (χ0n) is 14.9. The highest BCUT2D eigenvalue weighted by molar-refractivity contribution is 5.81. The number of hydrogen-bond acceptors (Lipinski definition) is 3. The molecule has 3 rings (SSSR count). The summed E-state index contributed by atoms with van der Waals surface area (Å²) in [6, 6.07) is 5.87. The van der Waals surface area contributed by atoms with Gasteiger partial charge in [0.05, 0.1) is 17.5 Å². The molecule has 1 aliphatic heterocycles. The number of nitrogens with zero attached hydrogens (tertiary/aromatic N) is 3. The Morgan fingerprint density at radius 2 is 1.57 bits per heavy atom. The molecule has 0 N–H and O–H groups in total. The average molecular weight is 315 g/mol. The molecule has 1 fully saturated rings. The first-order valence-corrected chi connectivity index (χ1v) is 8.80. The van der Waals surface area contributed by atoms with Gasteiger partial charge in [0.15, 0.2) is 0 Å². The van der Waals surface area contributed by atoms with Crippen LogP contribution in [0.5, 0.6) is 0 Å². The largest absolute Gasteiger partial charge is 0.342 e. The van der Waals surface area contributed by atoms with Gasteiger partial charge in [-0.05, 0) is 37.0 Å². The molecule has 0 bridgehead atoms. The van der Waals surface area contributed by atoms with E-state index in [2.05, 4.69) is 9.97 Å². The molecule has 4 nitrogen and oxygen atoms in total. The fraction of sp³-hybridized carbons (Fsp3) is 0.526. The number of benzene rings is 1. The monoisotopic (exact) mass is 315 g/mol. The Hall–Kier alpha value is -1.97. The van der Waals surface area contributed by atoms with Crippen LogP contribution in [-0.2, 0) is 11.2 Å². The summed E-state index contributed by atoms with van der Waals surface area (Å²) in [4.78, 5) is 22.7. The van der Waals surface area contributed by atoms with Crippen LogP contribution in [0.1, 0.15) is 52.5 Å². The number of carbonyl (C=O) groups excluding carboxylic acids is 1. The average Bonchev–Trinajstić information content (AvgIpc) is 2.65. The Bertz CT molecular complexity index is 592. The number of aromatic nitrogens is 2. The van der Waals surface area contributed by atoms with Gasteiger partial charge in [-0.25, -0.2) is 0 Å². The number of carbonyl (C=O) groups is 1. The van der Waals surface area contributed by atoms with E-state index in [0.29, 0.717) is 6.42 Å². The van der Waals surface area contributed by atoms with Crippen molar-refractivity contribution in [2.45, 2.75) is 53.4 Å². The first-order valence-electron chi connectivity index (χ1n) is 8.80. The van der Waals surface area contributed by atoms with E-state index in [4.69, 9.17) is 0 Å². The van der Waals surface area contributed by atoms with Crippen LogP contribution in [0.15, 0.2) is 30.6 Å². The summed E-state index contributed by atoms with van der Waals surface area (Å²) in [5.41, 5.74) is 2.74. The van der Waals surface area contributed by atoms with Crippen LogP contribution in [0.3, 0.4) is 0 Å². The normalized spacial score (nSPS) is 13.5. The van der Waals surface area contributed by atoms with Crippen LogP contribution in [0.4, 0.5) is 0 Å². The summed E-state index contributed by atoms with van der Waals surface area (Å²) in [6.07, 6.45) is 7.34. The van der Waals surface area contributed by atoms with Gasteiger partial charge in [0.1, 0.15) is 0 Å². The van der Waals surface area contributed by atoms with Gasteiger partial charge in [-0.1, -0.05) is 33.8 Å². The van der Waals surface area contributed by atoms with Crippen molar-refractivity contribution in [2.75, 3.05) is 13.1 Å². The van der Waals surface area contributed by atoms with Gasteiger partial charge < -0.3 is 4.90 Å². The highest BCUT2D eigenvalue weighted by Crippen LogP contribution is 2.14. The molecule has 126 valence electrons. The van der Waals surface area contributed by atoms with Crippen molar-refractivity contribution >= 4 is 16.9 Å². The Labute approximate surface area is 139 Å². The number of amides is 1. The maximum Gasteiger partial charge on any atom is 0.226 e. The first-order chi connectivity index (χ1) is 11.3. The summed E-state index contributed by atoms with van der Waals surface area (Å²) in [6.45, 7) is 9.82. The molecule has 1 aromatic carbocycles. The van der Waals surface area contributed by atoms with Crippen LogP contribution in [0, 0.1) is 0 Å². The van der Waals surface area contributed by atoms with Gasteiger partial charge in [0, 0.05) is 25.5 Å². The third-order valence-corrected chi connectivity index (χ3v) is 3.60. The second-order valence-corrected chi connectivity index (χ2v) is 5.00. The molecule has 0 spiro atoms. The van der Waals surface area contributed by atoms with Crippen molar-refractivity contribution in [3.63, 3.8) is 0 Å². The number of rotatable bonds is 2. The molecule has 1 saturated heterocycles. The van der Waals surface area contributed by atoms with Gasteiger partial charge in [-0.15, -0.1) is 0 Å². The van der Waals surface area contributed by atoms with Crippen molar-refractivity contribution in [3.05, 3.63) is 36.2 Å². The van der Waals surface area contributed by atoms with Crippen LogP contribution in [0.2, 0.25) is 0 Å². The Morgan fingerprint density at radius 1 is 0.957 bits per heavy atom. The van der Waals surface area contributed by atoms with Gasteiger partial charge >= 0.3 is 0 Å². The van der Waals surface area contributed by atoms with Crippen molar-refractivity contribution in [1.82, 2.24) is 14.9 Å². The third kappa shape index (κ3) is 5.62. The standard InChI is InChI=1S/C15H17N3O.2C2H6/c19-15(18-8-2-1-3-9-18)11-12-4-5-13-14(10-12)17-7-6-16-13;2*1-2/h4-7,10H,1-3,8-9,11H2;2*1-2H3. The summed E-state index contributed by atoms with van der Waals surface area (Å²) >= 11 is 0. The summed E-state index contributed by atoms with van der Waals surface area (Å²) in [5.74, 6) is 0.225. The topological polar surface area (TPSA) is 46.1 Å². The van der Waals surface area contributed by atoms with Crippen LogP contribution < -0.4 is 0 Å². The minimum atomic E-state index is 0.225. The SMILES string of the molecule is CC.CC.O=C(Cc1ccc2nccnc2c1)N1CCCCC1. The number of fused-ring (bicyclic) bond motifs is 1. The number of likely N-dealkylation sites (tertiary alicyclic amines) is 1. The lowest BCUT2D eigenvalue weighted by molar-refractivity contribution is -0.131. The highest BCUT2D eigenvalue weighted by Gasteiger charge is 2.16. The van der Waals surface area contributed by atoms with Gasteiger partial charge in [0.25, 0.3) is 0 Å². The molecule has 4 heteroatoms. The molecule has 1 aliphatic rings. The molecular weight excluding hydrogens is 286 g/mol. The Balaban J connectivity index is 0.000000615. The molecule has 0 aliphatic carbocycles. The van der Waals surface area contributed by atoms with Gasteiger partial charge in [0.2, 0.25) is 5.91 Å². The molecule has 2 heterocycles. The second-order valence-electron chi connectivity index (χ2n) is 5.00. The maximum atomic E-state index is 12.2. The van der Waals surface area contributed by atoms with Crippen molar-refractivity contribution in [3.8, 4) is 0 Å². The Morgan fingerprint density at radius 3 is 2.22 bits per heavy atom. The van der Waals surface area contributed by atoms with E-state index in [9.17, 15) is 4.79 Å². The molecule has 0 saturated carbocycles. The van der Waals surface area contributed by atoms with Gasteiger partial charge in [-0.2, -0.15) is 0 Å². The molecule has 1 amide bonds. The van der Waals surface area contributed by atoms with E-state index in [1.165, 1.54) is 6.42 Å². The minimum Gasteiger partial charge on any atom is -0.342 e. The van der Waals surface area contributed by atoms with E-state index >= 15 is 0 Å². The molecule has 2 aromatic rings. The quantitative estimate of drug-likeness (QED) is 0.833. The van der Waals surface area contributed by atoms with Gasteiger partial charge in [-0.3, -0.25) is 14.8 Å². The summed E-state index contributed by atoms with van der Waals surface area (Å²) in [5, 5.41) is 0. The lowest BCUT2D eigenvalue weighted by Crippen LogP contribution is -2.36. The smallest absolute Gasteiger partial charge is 0.226 e. The maximum absolute atomic E-state index is 12.2. The highest BCUT2D eigenvalue weighted by atomic mass is 16.2. The van der Waals surface area contributed by atoms with Crippen LogP contribution in [0.25, 0.3) is 11.0 Å². The van der Waals surface area contributed by atoms with Crippen molar-refractivity contribution in [1.29, 1.82) is 0 Å². The Kier molecular flexibility index (Phi) is 8.88. The summed E-state index contributed by atoms with van der Waals surface area (Å²) in [7, 11) is 0.